The van der Waals surface area contributed by atoms with E-state index >= 15 is 0 Å². The Bertz CT molecular complexity index is 511. The molecule has 1 N–H and O–H groups in total. The van der Waals surface area contributed by atoms with Crippen molar-refractivity contribution in [3.63, 3.8) is 0 Å². The second kappa shape index (κ2) is 6.86. The van der Waals surface area contributed by atoms with Crippen molar-refractivity contribution in [2.75, 3.05) is 18.1 Å². The summed E-state index contributed by atoms with van der Waals surface area (Å²) in [5, 5.41) is 9.51. The third kappa shape index (κ3) is 5.16. The molecule has 0 aliphatic carbocycles. The molecule has 0 heterocycles. The molecular weight excluding hydrogens is 271 g/mol. The summed E-state index contributed by atoms with van der Waals surface area (Å²) in [6.45, 7) is 3.33. The molecule has 1 aromatic rings. The molecule has 108 valence electrons. The number of hydrogen-bond acceptors (Lipinski definition) is 4. The van der Waals surface area contributed by atoms with E-state index < -0.39 is 21.8 Å². The molecule has 1 atom stereocenters. The summed E-state index contributed by atoms with van der Waals surface area (Å²) in [6, 6.07) is 3.89. The minimum absolute atomic E-state index is 0.0642. The van der Waals surface area contributed by atoms with Gasteiger partial charge in [-0.25, -0.2) is 12.8 Å². The van der Waals surface area contributed by atoms with E-state index in [1.807, 2.05) is 0 Å². The van der Waals surface area contributed by atoms with Crippen molar-refractivity contribution >= 4 is 9.84 Å². The molecule has 0 fully saturated rings. The Hall–Kier alpha value is -1.14. The lowest BCUT2D eigenvalue weighted by Gasteiger charge is -2.13. The monoisotopic (exact) mass is 290 g/mol. The van der Waals surface area contributed by atoms with Crippen molar-refractivity contribution in [3.8, 4) is 5.75 Å². The summed E-state index contributed by atoms with van der Waals surface area (Å²) in [7, 11) is -3.00. The first-order valence-corrected chi connectivity index (χ1v) is 7.98. The smallest absolute Gasteiger partial charge is 0.150 e. The average molecular weight is 290 g/mol. The van der Waals surface area contributed by atoms with Gasteiger partial charge in [0, 0.05) is 11.3 Å². The molecule has 0 saturated heterocycles. The maximum absolute atomic E-state index is 13.1. The predicted molar refractivity (Wildman–Crippen MR) is 71.5 cm³/mol. The summed E-state index contributed by atoms with van der Waals surface area (Å²) >= 11 is 0. The quantitative estimate of drug-likeness (QED) is 0.781. The molecule has 0 aliphatic heterocycles. The number of hydrogen-bond donors (Lipinski definition) is 1. The molecule has 19 heavy (non-hydrogen) atoms. The highest BCUT2D eigenvalue weighted by Crippen LogP contribution is 2.26. The first-order valence-electron chi connectivity index (χ1n) is 6.16. The highest BCUT2D eigenvalue weighted by atomic mass is 32.2. The maximum atomic E-state index is 13.1. The summed E-state index contributed by atoms with van der Waals surface area (Å²) in [5.41, 5.74) is 0.360. The zero-order chi connectivity index (χ0) is 14.5. The number of sulfone groups is 1. The van der Waals surface area contributed by atoms with Crippen molar-refractivity contribution in [3.05, 3.63) is 29.6 Å². The molecule has 1 rings (SSSR count). The Kier molecular flexibility index (Phi) is 5.75. The largest absolute Gasteiger partial charge is 0.493 e. The van der Waals surface area contributed by atoms with E-state index in [0.29, 0.717) is 17.7 Å². The molecule has 0 radical (unpaired) electrons. The van der Waals surface area contributed by atoms with Gasteiger partial charge in [0.05, 0.1) is 18.5 Å². The zero-order valence-corrected chi connectivity index (χ0v) is 11.9. The molecule has 0 amide bonds. The average Bonchev–Trinajstić information content (AvgIpc) is 2.36. The third-order valence-electron chi connectivity index (χ3n) is 2.72. The Balaban J connectivity index is 2.59. The second-order valence-corrected chi connectivity index (χ2v) is 6.77. The molecule has 0 aliphatic rings. The van der Waals surface area contributed by atoms with Crippen LogP contribution in [0.4, 0.5) is 4.39 Å². The number of benzene rings is 1. The highest BCUT2D eigenvalue weighted by molar-refractivity contribution is 7.91. The van der Waals surface area contributed by atoms with E-state index in [0.717, 1.165) is 0 Å². The Morgan fingerprint density at radius 1 is 1.42 bits per heavy atom. The fraction of sp³-hybridized carbons (Fsp3) is 0.538. The van der Waals surface area contributed by atoms with Crippen LogP contribution in [-0.4, -0.2) is 31.6 Å². The number of ether oxygens (including phenoxy) is 1. The Morgan fingerprint density at radius 2 is 2.11 bits per heavy atom. The Morgan fingerprint density at radius 3 is 2.68 bits per heavy atom. The molecule has 0 saturated carbocycles. The van der Waals surface area contributed by atoms with Gasteiger partial charge in [-0.1, -0.05) is 6.92 Å². The summed E-state index contributed by atoms with van der Waals surface area (Å²) in [6.07, 6.45) is -0.475. The zero-order valence-electron chi connectivity index (χ0n) is 11.1. The first-order chi connectivity index (χ1) is 8.85. The van der Waals surface area contributed by atoms with E-state index in [2.05, 4.69) is 0 Å². The minimum Gasteiger partial charge on any atom is -0.493 e. The van der Waals surface area contributed by atoms with Gasteiger partial charge in [0.15, 0.2) is 0 Å². The standard InChI is InChI=1S/C13H19FO4S/c1-3-19(16,17)8-4-7-18-13-6-5-11(14)9-12(13)10(2)15/h5-6,9-10,15H,3-4,7-8H2,1-2H3/t10-/m1/s1. The van der Waals surface area contributed by atoms with Gasteiger partial charge in [-0.3, -0.25) is 0 Å². The van der Waals surface area contributed by atoms with Crippen LogP contribution in [0.1, 0.15) is 31.9 Å². The van der Waals surface area contributed by atoms with Gasteiger partial charge in [-0.05, 0) is 31.5 Å². The van der Waals surface area contributed by atoms with Gasteiger partial charge in [0.1, 0.15) is 21.4 Å². The van der Waals surface area contributed by atoms with E-state index in [1.165, 1.54) is 25.1 Å². The van der Waals surface area contributed by atoms with Crippen LogP contribution in [0.15, 0.2) is 18.2 Å². The highest BCUT2D eigenvalue weighted by Gasteiger charge is 2.11. The predicted octanol–water partition coefficient (Wildman–Crippen LogP) is 2.08. The normalized spacial score (nSPS) is 13.3. The lowest BCUT2D eigenvalue weighted by molar-refractivity contribution is 0.190. The van der Waals surface area contributed by atoms with E-state index in [9.17, 15) is 17.9 Å². The number of aliphatic hydroxyl groups is 1. The van der Waals surface area contributed by atoms with Gasteiger partial charge < -0.3 is 9.84 Å². The van der Waals surface area contributed by atoms with Gasteiger partial charge in [-0.15, -0.1) is 0 Å². The van der Waals surface area contributed by atoms with Crippen molar-refractivity contribution in [2.24, 2.45) is 0 Å². The number of aliphatic hydroxyl groups excluding tert-OH is 1. The van der Waals surface area contributed by atoms with Crippen LogP contribution in [0, 0.1) is 5.82 Å². The van der Waals surface area contributed by atoms with Crippen molar-refractivity contribution in [1.82, 2.24) is 0 Å². The van der Waals surface area contributed by atoms with Gasteiger partial charge in [0.25, 0.3) is 0 Å². The van der Waals surface area contributed by atoms with Gasteiger partial charge >= 0.3 is 0 Å². The summed E-state index contributed by atoms with van der Waals surface area (Å²) in [4.78, 5) is 0. The van der Waals surface area contributed by atoms with Crippen LogP contribution in [-0.2, 0) is 9.84 Å². The van der Waals surface area contributed by atoms with Gasteiger partial charge in [-0.2, -0.15) is 0 Å². The lowest BCUT2D eigenvalue weighted by Crippen LogP contribution is -2.12. The van der Waals surface area contributed by atoms with Crippen molar-refractivity contribution < 1.29 is 22.7 Å². The Labute approximate surface area is 113 Å². The van der Waals surface area contributed by atoms with Crippen LogP contribution < -0.4 is 4.74 Å². The molecule has 0 spiro atoms. The van der Waals surface area contributed by atoms with Gasteiger partial charge in [0.2, 0.25) is 0 Å². The summed E-state index contributed by atoms with van der Waals surface area (Å²) in [5.74, 6) is 0.110. The topological polar surface area (TPSA) is 63.6 Å². The van der Waals surface area contributed by atoms with Crippen LogP contribution in [0.5, 0.6) is 5.75 Å². The lowest BCUT2D eigenvalue weighted by atomic mass is 10.1. The van der Waals surface area contributed by atoms with E-state index in [1.54, 1.807) is 6.92 Å². The first kappa shape index (κ1) is 15.9. The second-order valence-electron chi connectivity index (χ2n) is 4.30. The third-order valence-corrected chi connectivity index (χ3v) is 4.51. The molecule has 1 aromatic carbocycles. The maximum Gasteiger partial charge on any atom is 0.150 e. The van der Waals surface area contributed by atoms with Crippen molar-refractivity contribution in [2.45, 2.75) is 26.4 Å². The SMILES string of the molecule is CCS(=O)(=O)CCCOc1ccc(F)cc1[C@@H](C)O. The van der Waals surface area contributed by atoms with E-state index in [4.69, 9.17) is 4.74 Å². The number of halogens is 1. The fourth-order valence-electron chi connectivity index (χ4n) is 1.58. The van der Waals surface area contributed by atoms with E-state index in [-0.39, 0.29) is 18.1 Å². The minimum atomic E-state index is -3.00. The molecule has 0 unspecified atom stereocenters. The molecule has 0 bridgehead atoms. The van der Waals surface area contributed by atoms with Crippen LogP contribution in [0.2, 0.25) is 0 Å². The molecular formula is C13H19FO4S. The molecule has 0 aromatic heterocycles. The van der Waals surface area contributed by atoms with Crippen molar-refractivity contribution in [1.29, 1.82) is 0 Å². The molecule has 6 heteroatoms. The number of rotatable bonds is 7. The molecule has 4 nitrogen and oxygen atoms in total. The van der Waals surface area contributed by atoms with Crippen LogP contribution >= 0.6 is 0 Å². The van der Waals surface area contributed by atoms with Crippen LogP contribution in [0.3, 0.4) is 0 Å². The van der Waals surface area contributed by atoms with Crippen LogP contribution in [0.25, 0.3) is 0 Å². The summed E-state index contributed by atoms with van der Waals surface area (Å²) < 4.78 is 41.0. The fourth-order valence-corrected chi connectivity index (χ4v) is 2.43.